The number of hydrogen-bond acceptors (Lipinski definition) is 0. The van der Waals surface area contributed by atoms with E-state index in [1.807, 2.05) is 0 Å². The van der Waals surface area contributed by atoms with E-state index in [2.05, 4.69) is 138 Å². The van der Waals surface area contributed by atoms with Crippen molar-refractivity contribution >= 4 is 48.5 Å². The van der Waals surface area contributed by atoms with E-state index in [0.717, 1.165) is 0 Å². The summed E-state index contributed by atoms with van der Waals surface area (Å²) in [6.07, 6.45) is 2.53. The molecule has 0 fully saturated rings. The van der Waals surface area contributed by atoms with Gasteiger partial charge in [0.2, 0.25) is 0 Å². The molecule has 0 heterocycles. The Hall–Kier alpha value is -2.22. The van der Waals surface area contributed by atoms with Crippen molar-refractivity contribution in [3.63, 3.8) is 0 Å². The molecule has 1 atom stereocenters. The van der Waals surface area contributed by atoms with Crippen LogP contribution in [0.25, 0.3) is 39.1 Å². The third kappa shape index (κ3) is 4.18. The summed E-state index contributed by atoms with van der Waals surface area (Å²) in [5, 5.41) is 2.64. The topological polar surface area (TPSA) is 0 Å². The van der Waals surface area contributed by atoms with Crippen LogP contribution in [-0.2, 0) is 17.4 Å². The van der Waals surface area contributed by atoms with E-state index < -0.39 is 17.4 Å². The van der Waals surface area contributed by atoms with E-state index in [1.54, 1.807) is 22.3 Å². The SMILES string of the molecule is CC1=Cc2c(-c3cccc4ccccc34)cccc2[CH]1[Zr]([CH3])([CH3])(=[SiH2])[CH]1c2ccccc2-c2ccccc21.Cl.Cl. The Morgan fingerprint density at radius 2 is 1.03 bits per heavy atom. The standard InChI is InChI=1S/C20H15.C13H9.2CH3.2ClH.H2Si.Zr/c1-14-12-16-8-5-11-19(20(16)13-14)18-10-4-7-15-6-2-3-9-17(15)18;1-3-7-12-10(5-1)9-11-6-2-4-8-13(11)12;;;;;;/h2-13H,1H3;1-9H;2*1H3;2*1H;1H2;. The summed E-state index contributed by atoms with van der Waals surface area (Å²) in [5.41, 5.74) is 13.3. The summed E-state index contributed by atoms with van der Waals surface area (Å²) in [4.78, 5) is 0. The second-order valence-electron chi connectivity index (χ2n) is 12.2. The number of fused-ring (bicyclic) bond motifs is 5. The third-order valence-electron chi connectivity index (χ3n) is 9.09. The van der Waals surface area contributed by atoms with Crippen molar-refractivity contribution in [1.29, 1.82) is 0 Å². The summed E-state index contributed by atoms with van der Waals surface area (Å²) in [6, 6.07) is 41.0. The van der Waals surface area contributed by atoms with Crippen molar-refractivity contribution in [2.45, 2.75) is 23.4 Å². The molecule has 2 aliphatic carbocycles. The van der Waals surface area contributed by atoms with Crippen molar-refractivity contribution in [2.24, 2.45) is 0 Å². The molecular weight excluding hydrogens is 611 g/mol. The van der Waals surface area contributed by atoms with E-state index in [1.165, 1.54) is 38.6 Å². The quantitative estimate of drug-likeness (QED) is 0.172. The van der Waals surface area contributed by atoms with Crippen LogP contribution in [0.2, 0.25) is 9.26 Å². The van der Waals surface area contributed by atoms with Crippen LogP contribution >= 0.6 is 24.8 Å². The minimum atomic E-state index is -3.55. The van der Waals surface area contributed by atoms with Crippen LogP contribution in [0, 0.1) is 0 Å². The Labute approximate surface area is 246 Å². The van der Waals surface area contributed by atoms with Crippen LogP contribution in [0.5, 0.6) is 0 Å². The Kier molecular flexibility index (Phi) is 7.26. The zero-order valence-electron chi connectivity index (χ0n) is 22.6. The van der Waals surface area contributed by atoms with Gasteiger partial charge in [0, 0.05) is 0 Å². The van der Waals surface area contributed by atoms with E-state index in [4.69, 9.17) is 0 Å². The Morgan fingerprint density at radius 3 is 1.72 bits per heavy atom. The number of halogens is 2. The van der Waals surface area contributed by atoms with Gasteiger partial charge in [0.1, 0.15) is 0 Å². The maximum absolute atomic E-state index is 3.55. The van der Waals surface area contributed by atoms with Crippen LogP contribution in [0.1, 0.15) is 36.4 Å². The Morgan fingerprint density at radius 1 is 0.538 bits per heavy atom. The van der Waals surface area contributed by atoms with Crippen LogP contribution < -0.4 is 0 Å². The summed E-state index contributed by atoms with van der Waals surface area (Å²) in [6.45, 7) is 4.83. The molecule has 0 saturated carbocycles. The second-order valence-corrected chi connectivity index (χ2v) is 42.7. The molecule has 0 nitrogen and oxygen atoms in total. The van der Waals surface area contributed by atoms with Crippen molar-refractivity contribution in [2.75, 3.05) is 0 Å². The molecule has 0 spiro atoms. The number of benzene rings is 5. The molecule has 0 bridgehead atoms. The molecule has 5 aromatic rings. The van der Waals surface area contributed by atoms with Gasteiger partial charge in [-0.25, -0.2) is 0 Å². The molecule has 39 heavy (non-hydrogen) atoms. The molecule has 0 amide bonds. The summed E-state index contributed by atoms with van der Waals surface area (Å²) < 4.78 is 6.50. The molecule has 0 radical (unpaired) electrons. The van der Waals surface area contributed by atoms with Crippen LogP contribution in [0.4, 0.5) is 0 Å². The predicted molar refractivity (Wildman–Crippen MR) is 174 cm³/mol. The van der Waals surface area contributed by atoms with Crippen LogP contribution in [-0.4, -0.2) is 6.88 Å². The number of allylic oxidation sites excluding steroid dienone is 1. The zero-order valence-corrected chi connectivity index (χ0v) is 28.2. The van der Waals surface area contributed by atoms with E-state index >= 15 is 0 Å². The van der Waals surface area contributed by atoms with Gasteiger partial charge < -0.3 is 0 Å². The van der Waals surface area contributed by atoms with Gasteiger partial charge in [-0.05, 0) is 0 Å². The first kappa shape index (κ1) is 28.3. The smallest absolute Gasteiger partial charge is 0.147 e. The first-order valence-electron chi connectivity index (χ1n) is 13.4. The minimum absolute atomic E-state index is 0. The summed E-state index contributed by atoms with van der Waals surface area (Å²) >= 11 is -3.55. The minimum Gasteiger partial charge on any atom is -0.147 e. The molecule has 1 unspecified atom stereocenters. The molecule has 0 aliphatic heterocycles. The molecule has 5 aromatic carbocycles. The molecule has 4 heteroatoms. The van der Waals surface area contributed by atoms with Gasteiger partial charge in [-0.1, -0.05) is 0 Å². The van der Waals surface area contributed by atoms with Gasteiger partial charge in [-0.2, -0.15) is 0 Å². The monoisotopic (exact) mass is 642 g/mol. The van der Waals surface area contributed by atoms with E-state index in [-0.39, 0.29) is 24.8 Å². The molecule has 0 aromatic heterocycles. The predicted octanol–water partition coefficient (Wildman–Crippen LogP) is 9.91. The van der Waals surface area contributed by atoms with Gasteiger partial charge in [0.15, 0.2) is 0 Å². The average Bonchev–Trinajstić information content (AvgIpc) is 3.44. The van der Waals surface area contributed by atoms with Crippen molar-refractivity contribution in [1.82, 2.24) is 0 Å². The molecule has 2 aliphatic rings. The molecule has 7 rings (SSSR count). The van der Waals surface area contributed by atoms with Crippen molar-refractivity contribution in [3.05, 3.63) is 137 Å². The largest absolute Gasteiger partial charge is 0.147 e. The maximum atomic E-state index is 2.73. The normalized spacial score (nSPS) is 16.0. The van der Waals surface area contributed by atoms with Gasteiger partial charge >= 0.3 is 224 Å². The van der Waals surface area contributed by atoms with Gasteiger partial charge in [0.05, 0.1) is 0 Å². The summed E-state index contributed by atoms with van der Waals surface area (Å²) in [7, 11) is 0. The first-order valence-corrected chi connectivity index (χ1v) is 27.1. The Bertz CT molecular complexity index is 1790. The van der Waals surface area contributed by atoms with Crippen LogP contribution in [0.3, 0.4) is 0 Å². The average molecular weight is 645 g/mol. The molecule has 0 N–H and O–H groups in total. The van der Waals surface area contributed by atoms with E-state index in [0.29, 0.717) is 7.25 Å². The van der Waals surface area contributed by atoms with Crippen molar-refractivity contribution in [3.8, 4) is 22.3 Å². The number of rotatable bonds is 3. The third-order valence-corrected chi connectivity index (χ3v) is 26.7. The number of hydrogen-bond donors (Lipinski definition) is 0. The van der Waals surface area contributed by atoms with Gasteiger partial charge in [0.25, 0.3) is 0 Å². The first-order chi connectivity index (χ1) is 17.8. The van der Waals surface area contributed by atoms with Crippen LogP contribution in [0.15, 0.2) is 115 Å². The summed E-state index contributed by atoms with van der Waals surface area (Å²) in [5.74, 6) is 0. The second kappa shape index (κ2) is 10.0. The fraction of sp³-hybridized carbons (Fsp3) is 0.143. The fourth-order valence-electron chi connectivity index (χ4n) is 7.85. The van der Waals surface area contributed by atoms with Gasteiger partial charge in [-0.15, -0.1) is 24.8 Å². The maximum Gasteiger partial charge on any atom is -0.147 e. The molecule has 0 saturated heterocycles. The van der Waals surface area contributed by atoms with Crippen molar-refractivity contribution < 1.29 is 17.4 Å². The fourth-order valence-corrected chi connectivity index (χ4v) is 27.7. The zero-order chi connectivity index (χ0) is 25.4. The Balaban J connectivity index is 0.00000154. The molecular formula is C35H34Cl2SiZr. The van der Waals surface area contributed by atoms with Gasteiger partial charge in [-0.3, -0.25) is 0 Å². The van der Waals surface area contributed by atoms with E-state index in [9.17, 15) is 0 Å². The molecule has 196 valence electrons.